The van der Waals surface area contributed by atoms with Gasteiger partial charge in [-0.2, -0.15) is 0 Å². The Kier molecular flexibility index (Phi) is 6.21. The third-order valence-electron chi connectivity index (χ3n) is 4.53. The summed E-state index contributed by atoms with van der Waals surface area (Å²) in [5.41, 5.74) is 3.24. The van der Waals surface area contributed by atoms with Gasteiger partial charge in [0.1, 0.15) is 19.0 Å². The van der Waals surface area contributed by atoms with Crippen LogP contribution in [-0.2, 0) is 13.0 Å². The van der Waals surface area contributed by atoms with Gasteiger partial charge in [0, 0.05) is 32.2 Å². The van der Waals surface area contributed by atoms with Gasteiger partial charge in [-0.15, -0.1) is 0 Å². The first-order valence-electron chi connectivity index (χ1n) is 9.38. The predicted molar refractivity (Wildman–Crippen MR) is 105 cm³/mol. The Balaban J connectivity index is 1.64. The molecule has 0 atom stereocenters. The van der Waals surface area contributed by atoms with Crippen LogP contribution in [0.15, 0.2) is 27.7 Å². The molecule has 2 heterocycles. The maximum atomic E-state index is 5.68. The molecule has 0 unspecified atom stereocenters. The molecule has 7 nitrogen and oxygen atoms in total. The smallest absolute Gasteiger partial charge is 0.193 e. The van der Waals surface area contributed by atoms with Crippen molar-refractivity contribution in [1.29, 1.82) is 0 Å². The Morgan fingerprint density at radius 3 is 2.70 bits per heavy atom. The van der Waals surface area contributed by atoms with E-state index >= 15 is 0 Å². The van der Waals surface area contributed by atoms with Crippen molar-refractivity contribution >= 4 is 5.96 Å². The van der Waals surface area contributed by atoms with E-state index in [0.717, 1.165) is 59.5 Å². The number of aryl methyl sites for hydroxylation is 2. The highest BCUT2D eigenvalue weighted by atomic mass is 16.6. The first-order valence-corrected chi connectivity index (χ1v) is 9.38. The fourth-order valence-electron chi connectivity index (χ4n) is 3.14. The van der Waals surface area contributed by atoms with Crippen LogP contribution in [0.3, 0.4) is 0 Å². The second kappa shape index (κ2) is 8.79. The topological polar surface area (TPSA) is 72.1 Å². The number of aliphatic imine (C=N–C) groups is 1. The molecule has 0 bridgehead atoms. The van der Waals surface area contributed by atoms with Crippen molar-refractivity contribution in [3.63, 3.8) is 0 Å². The third kappa shape index (κ3) is 4.72. The van der Waals surface area contributed by atoms with Crippen molar-refractivity contribution in [2.45, 2.75) is 33.7 Å². The number of nitrogens with one attached hydrogen (secondary N) is 1. The molecule has 1 N–H and O–H groups in total. The number of hydrogen-bond donors (Lipinski definition) is 1. The number of nitrogens with zero attached hydrogens (tertiary/aromatic N) is 3. The molecule has 3 rings (SSSR count). The highest BCUT2D eigenvalue weighted by Crippen LogP contribution is 2.31. The van der Waals surface area contributed by atoms with E-state index in [2.05, 4.69) is 28.4 Å². The Hall–Kier alpha value is -2.70. The van der Waals surface area contributed by atoms with Crippen LogP contribution in [0.4, 0.5) is 0 Å². The summed E-state index contributed by atoms with van der Waals surface area (Å²) in [6.07, 6.45) is 0.813. The molecule has 1 aromatic heterocycles. The van der Waals surface area contributed by atoms with Crippen LogP contribution in [0, 0.1) is 13.8 Å². The summed E-state index contributed by atoms with van der Waals surface area (Å²) in [6, 6.07) is 6.08. The van der Waals surface area contributed by atoms with Crippen molar-refractivity contribution in [2.75, 3.05) is 33.4 Å². The van der Waals surface area contributed by atoms with E-state index in [0.29, 0.717) is 19.8 Å². The SMILES string of the molecule is CCNC(=NCCc1c(C)noc1C)N(C)Cc1ccc2c(c1)OCCO2. The number of benzene rings is 1. The van der Waals surface area contributed by atoms with Gasteiger partial charge in [0.2, 0.25) is 0 Å². The zero-order chi connectivity index (χ0) is 19.2. The molecule has 0 fully saturated rings. The van der Waals surface area contributed by atoms with Gasteiger partial charge in [-0.1, -0.05) is 11.2 Å². The molecule has 1 aliphatic rings. The van der Waals surface area contributed by atoms with Crippen LogP contribution < -0.4 is 14.8 Å². The van der Waals surface area contributed by atoms with Crippen LogP contribution in [-0.4, -0.2) is 49.4 Å². The van der Waals surface area contributed by atoms with Crippen LogP contribution >= 0.6 is 0 Å². The zero-order valence-corrected chi connectivity index (χ0v) is 16.5. The van der Waals surface area contributed by atoms with Gasteiger partial charge in [-0.25, -0.2) is 0 Å². The summed E-state index contributed by atoms with van der Waals surface area (Å²) < 4.78 is 16.5. The number of ether oxygens (including phenoxy) is 2. The molecule has 1 aliphatic heterocycles. The molecule has 146 valence electrons. The fourth-order valence-corrected chi connectivity index (χ4v) is 3.14. The van der Waals surface area contributed by atoms with E-state index in [9.17, 15) is 0 Å². The summed E-state index contributed by atoms with van der Waals surface area (Å²) in [6.45, 7) is 9.40. The highest BCUT2D eigenvalue weighted by molar-refractivity contribution is 5.79. The summed E-state index contributed by atoms with van der Waals surface area (Å²) in [7, 11) is 2.04. The lowest BCUT2D eigenvalue weighted by Gasteiger charge is -2.24. The molecule has 0 radical (unpaired) electrons. The minimum absolute atomic E-state index is 0.595. The van der Waals surface area contributed by atoms with E-state index in [-0.39, 0.29) is 0 Å². The average Bonchev–Trinajstić information content (AvgIpc) is 2.99. The highest BCUT2D eigenvalue weighted by Gasteiger charge is 2.14. The lowest BCUT2D eigenvalue weighted by Crippen LogP contribution is -2.38. The summed E-state index contributed by atoms with van der Waals surface area (Å²) >= 11 is 0. The molecule has 0 saturated carbocycles. The molecular formula is C20H28N4O3. The van der Waals surface area contributed by atoms with Crippen LogP contribution in [0.1, 0.15) is 29.5 Å². The minimum Gasteiger partial charge on any atom is -0.486 e. The number of guanidine groups is 1. The quantitative estimate of drug-likeness (QED) is 0.621. The molecule has 1 aromatic carbocycles. The molecular weight excluding hydrogens is 344 g/mol. The van der Waals surface area contributed by atoms with Gasteiger partial charge in [-0.05, 0) is 44.9 Å². The van der Waals surface area contributed by atoms with Crippen molar-refractivity contribution in [1.82, 2.24) is 15.4 Å². The van der Waals surface area contributed by atoms with E-state index in [1.165, 1.54) is 0 Å². The normalized spacial score (nSPS) is 13.6. The lowest BCUT2D eigenvalue weighted by molar-refractivity contribution is 0.171. The van der Waals surface area contributed by atoms with Crippen molar-refractivity contribution < 1.29 is 14.0 Å². The van der Waals surface area contributed by atoms with Crippen molar-refractivity contribution in [2.24, 2.45) is 4.99 Å². The van der Waals surface area contributed by atoms with Crippen LogP contribution in [0.2, 0.25) is 0 Å². The van der Waals surface area contributed by atoms with Gasteiger partial charge in [0.15, 0.2) is 17.5 Å². The van der Waals surface area contributed by atoms with Crippen LogP contribution in [0.5, 0.6) is 11.5 Å². The number of rotatable bonds is 6. The molecule has 0 saturated heterocycles. The maximum absolute atomic E-state index is 5.68. The molecule has 27 heavy (non-hydrogen) atoms. The number of aromatic nitrogens is 1. The van der Waals surface area contributed by atoms with E-state index < -0.39 is 0 Å². The van der Waals surface area contributed by atoms with Gasteiger partial charge in [-0.3, -0.25) is 4.99 Å². The minimum atomic E-state index is 0.595. The Morgan fingerprint density at radius 1 is 1.22 bits per heavy atom. The second-order valence-corrected chi connectivity index (χ2v) is 6.62. The van der Waals surface area contributed by atoms with Gasteiger partial charge in [0.25, 0.3) is 0 Å². The van der Waals surface area contributed by atoms with Gasteiger partial charge >= 0.3 is 0 Å². The first-order chi connectivity index (χ1) is 13.1. The zero-order valence-electron chi connectivity index (χ0n) is 16.5. The molecule has 2 aromatic rings. The summed E-state index contributed by atoms with van der Waals surface area (Å²) in [5, 5.41) is 7.36. The third-order valence-corrected chi connectivity index (χ3v) is 4.53. The van der Waals surface area contributed by atoms with Crippen molar-refractivity contribution in [3.05, 3.63) is 40.8 Å². The summed E-state index contributed by atoms with van der Waals surface area (Å²) in [5.74, 6) is 3.37. The van der Waals surface area contributed by atoms with E-state index in [1.54, 1.807) is 0 Å². The summed E-state index contributed by atoms with van der Waals surface area (Å²) in [4.78, 5) is 6.87. The second-order valence-electron chi connectivity index (χ2n) is 6.62. The lowest BCUT2D eigenvalue weighted by atomic mass is 10.1. The molecule has 7 heteroatoms. The monoisotopic (exact) mass is 372 g/mol. The standard InChI is InChI=1S/C20H28N4O3/c1-5-21-20(22-9-8-17-14(2)23-27-15(17)3)24(4)13-16-6-7-18-19(12-16)26-11-10-25-18/h6-7,12H,5,8-11,13H2,1-4H3,(H,21,22). The largest absolute Gasteiger partial charge is 0.486 e. The van der Waals surface area contributed by atoms with E-state index in [1.807, 2.05) is 33.0 Å². The first kappa shape index (κ1) is 19.1. The maximum Gasteiger partial charge on any atom is 0.193 e. The van der Waals surface area contributed by atoms with Crippen molar-refractivity contribution in [3.8, 4) is 11.5 Å². The Morgan fingerprint density at radius 2 is 2.00 bits per heavy atom. The van der Waals surface area contributed by atoms with Gasteiger partial charge in [0.05, 0.1) is 5.69 Å². The van der Waals surface area contributed by atoms with Gasteiger partial charge < -0.3 is 24.2 Å². The fraction of sp³-hybridized carbons (Fsp3) is 0.500. The Bertz CT molecular complexity index is 781. The Labute approximate surface area is 160 Å². The predicted octanol–water partition coefficient (Wildman–Crippen LogP) is 2.70. The number of fused-ring (bicyclic) bond motifs is 1. The van der Waals surface area contributed by atoms with E-state index in [4.69, 9.17) is 19.0 Å². The molecule has 0 aliphatic carbocycles. The molecule has 0 amide bonds. The van der Waals surface area contributed by atoms with Crippen LogP contribution in [0.25, 0.3) is 0 Å². The number of hydrogen-bond acceptors (Lipinski definition) is 5. The molecule has 0 spiro atoms. The average molecular weight is 372 g/mol.